The highest BCUT2D eigenvalue weighted by molar-refractivity contribution is 5.29. The molecule has 0 aliphatic heterocycles. The van der Waals surface area contributed by atoms with Gasteiger partial charge in [0.05, 0.1) is 0 Å². The third kappa shape index (κ3) is 4.26. The molecule has 0 saturated carbocycles. The van der Waals surface area contributed by atoms with Crippen LogP contribution in [0.15, 0.2) is 22.7 Å². The molecule has 0 unspecified atom stereocenters. The molecular formula is C15H20FN3O2. The molecule has 0 atom stereocenters. The summed E-state index contributed by atoms with van der Waals surface area (Å²) in [5, 5.41) is 6.97. The van der Waals surface area contributed by atoms with Crippen molar-refractivity contribution in [2.45, 2.75) is 39.8 Å². The van der Waals surface area contributed by atoms with E-state index < -0.39 is 5.82 Å². The number of benzene rings is 1. The van der Waals surface area contributed by atoms with Crippen LogP contribution in [0.4, 0.5) is 4.39 Å². The molecule has 0 spiro atoms. The molecule has 1 N–H and O–H groups in total. The topological polar surface area (TPSA) is 60.2 Å². The molecule has 2 rings (SSSR count). The number of nitrogens with one attached hydrogen (secondary N) is 1. The maximum atomic E-state index is 13.9. The zero-order valence-electron chi connectivity index (χ0n) is 12.5. The van der Waals surface area contributed by atoms with Crippen LogP contribution in [0.1, 0.15) is 44.0 Å². The van der Waals surface area contributed by atoms with Gasteiger partial charge in [-0.2, -0.15) is 4.98 Å². The van der Waals surface area contributed by atoms with Gasteiger partial charge < -0.3 is 14.6 Å². The van der Waals surface area contributed by atoms with Crippen molar-refractivity contribution in [3.63, 3.8) is 0 Å². The van der Waals surface area contributed by atoms with Gasteiger partial charge in [-0.05, 0) is 24.2 Å². The summed E-state index contributed by atoms with van der Waals surface area (Å²) in [7, 11) is 0. The van der Waals surface area contributed by atoms with Crippen molar-refractivity contribution in [1.29, 1.82) is 0 Å². The van der Waals surface area contributed by atoms with Gasteiger partial charge in [-0.1, -0.05) is 32.0 Å². The molecule has 0 amide bonds. The highest BCUT2D eigenvalue weighted by Crippen LogP contribution is 2.20. The minimum Gasteiger partial charge on any atom is -0.481 e. The van der Waals surface area contributed by atoms with Gasteiger partial charge in [0, 0.05) is 12.5 Å². The van der Waals surface area contributed by atoms with Crippen LogP contribution in [0.2, 0.25) is 0 Å². The van der Waals surface area contributed by atoms with Gasteiger partial charge in [-0.15, -0.1) is 0 Å². The van der Waals surface area contributed by atoms with Crippen molar-refractivity contribution < 1.29 is 13.7 Å². The predicted molar refractivity (Wildman–Crippen MR) is 76.5 cm³/mol. The van der Waals surface area contributed by atoms with Crippen molar-refractivity contribution in [1.82, 2.24) is 15.5 Å². The van der Waals surface area contributed by atoms with Gasteiger partial charge in [0.1, 0.15) is 0 Å². The van der Waals surface area contributed by atoms with Crippen LogP contribution in [0.5, 0.6) is 5.75 Å². The summed E-state index contributed by atoms with van der Waals surface area (Å²) in [6.45, 7) is 7.48. The molecule has 1 aromatic carbocycles. The van der Waals surface area contributed by atoms with E-state index in [2.05, 4.69) is 15.5 Å². The summed E-state index contributed by atoms with van der Waals surface area (Å²) in [6.07, 6.45) is 0. The molecule has 21 heavy (non-hydrogen) atoms. The normalized spacial score (nSPS) is 11.1. The summed E-state index contributed by atoms with van der Waals surface area (Å²) in [4.78, 5) is 4.18. The second-order valence-corrected chi connectivity index (χ2v) is 5.03. The molecular weight excluding hydrogens is 273 g/mol. The van der Waals surface area contributed by atoms with Crippen LogP contribution in [-0.2, 0) is 13.2 Å². The Kier molecular flexibility index (Phi) is 5.27. The lowest BCUT2D eigenvalue weighted by Crippen LogP contribution is -2.11. The molecule has 114 valence electrons. The molecule has 2 aromatic rings. The lowest BCUT2D eigenvalue weighted by Gasteiger charge is -2.07. The fourth-order valence-electron chi connectivity index (χ4n) is 1.74. The van der Waals surface area contributed by atoms with Crippen molar-refractivity contribution in [3.05, 3.63) is 41.3 Å². The number of halogens is 1. The Hall–Kier alpha value is -1.95. The molecule has 1 aromatic heterocycles. The lowest BCUT2D eigenvalue weighted by atomic mass is 10.2. The second-order valence-electron chi connectivity index (χ2n) is 5.03. The van der Waals surface area contributed by atoms with E-state index in [4.69, 9.17) is 9.26 Å². The SMILES string of the molecule is CCNCc1ccc(OCc2nc(C(C)C)no2)c(F)c1. The number of aromatic nitrogens is 2. The Labute approximate surface area is 123 Å². The van der Waals surface area contributed by atoms with E-state index in [1.165, 1.54) is 6.07 Å². The molecule has 0 bridgehead atoms. The van der Waals surface area contributed by atoms with Crippen LogP contribution in [0.25, 0.3) is 0 Å². The Balaban J connectivity index is 1.96. The van der Waals surface area contributed by atoms with Crippen molar-refractivity contribution >= 4 is 0 Å². The third-order valence-corrected chi connectivity index (χ3v) is 2.93. The smallest absolute Gasteiger partial charge is 0.264 e. The first-order valence-corrected chi connectivity index (χ1v) is 7.04. The van der Waals surface area contributed by atoms with Gasteiger partial charge in [0.2, 0.25) is 0 Å². The van der Waals surface area contributed by atoms with Crippen molar-refractivity contribution in [3.8, 4) is 5.75 Å². The zero-order chi connectivity index (χ0) is 15.2. The lowest BCUT2D eigenvalue weighted by molar-refractivity contribution is 0.234. The summed E-state index contributed by atoms with van der Waals surface area (Å²) >= 11 is 0. The maximum Gasteiger partial charge on any atom is 0.264 e. The fraction of sp³-hybridized carbons (Fsp3) is 0.467. The summed E-state index contributed by atoms with van der Waals surface area (Å²) in [6, 6.07) is 4.90. The molecule has 0 fully saturated rings. The minimum atomic E-state index is -0.394. The van der Waals surface area contributed by atoms with Gasteiger partial charge in [-0.25, -0.2) is 4.39 Å². The van der Waals surface area contributed by atoms with Crippen LogP contribution in [0, 0.1) is 5.82 Å². The fourth-order valence-corrected chi connectivity index (χ4v) is 1.74. The van der Waals surface area contributed by atoms with Crippen LogP contribution in [0.3, 0.4) is 0 Å². The Bertz CT molecular complexity index is 584. The van der Waals surface area contributed by atoms with Crippen LogP contribution < -0.4 is 10.1 Å². The van der Waals surface area contributed by atoms with E-state index in [0.717, 1.165) is 12.1 Å². The van der Waals surface area contributed by atoms with E-state index >= 15 is 0 Å². The number of rotatable bonds is 7. The third-order valence-electron chi connectivity index (χ3n) is 2.93. The van der Waals surface area contributed by atoms with E-state index in [-0.39, 0.29) is 18.3 Å². The predicted octanol–water partition coefficient (Wildman–Crippen LogP) is 3.02. The van der Waals surface area contributed by atoms with Crippen LogP contribution in [-0.4, -0.2) is 16.7 Å². The number of hydrogen-bond acceptors (Lipinski definition) is 5. The molecule has 0 saturated heterocycles. The second kappa shape index (κ2) is 7.17. The molecule has 6 heteroatoms. The number of nitrogens with zero attached hydrogens (tertiary/aromatic N) is 2. The molecule has 5 nitrogen and oxygen atoms in total. The number of hydrogen-bond donors (Lipinski definition) is 1. The standard InChI is InChI=1S/C15H20FN3O2/c1-4-17-8-11-5-6-13(12(16)7-11)20-9-14-18-15(10(2)3)19-21-14/h5-7,10,17H,4,8-9H2,1-3H3. The average Bonchev–Trinajstić information content (AvgIpc) is 2.93. The van der Waals surface area contributed by atoms with Gasteiger partial charge in [-0.3, -0.25) is 0 Å². The highest BCUT2D eigenvalue weighted by Gasteiger charge is 2.11. The first-order chi connectivity index (χ1) is 10.1. The Morgan fingerprint density at radius 1 is 1.38 bits per heavy atom. The zero-order valence-corrected chi connectivity index (χ0v) is 12.5. The van der Waals surface area contributed by atoms with Crippen molar-refractivity contribution in [2.75, 3.05) is 6.54 Å². The van der Waals surface area contributed by atoms with E-state index in [9.17, 15) is 4.39 Å². The van der Waals surface area contributed by atoms with Crippen LogP contribution >= 0.6 is 0 Å². The first kappa shape index (κ1) is 15.4. The maximum absolute atomic E-state index is 13.9. The molecule has 0 aliphatic rings. The minimum absolute atomic E-state index is 0.0587. The summed E-state index contributed by atoms with van der Waals surface area (Å²) < 4.78 is 24.3. The van der Waals surface area contributed by atoms with Gasteiger partial charge >= 0.3 is 0 Å². The quantitative estimate of drug-likeness (QED) is 0.850. The molecule has 1 heterocycles. The van der Waals surface area contributed by atoms with E-state index in [1.54, 1.807) is 6.07 Å². The molecule has 0 aliphatic carbocycles. The van der Waals surface area contributed by atoms with E-state index in [1.807, 2.05) is 26.8 Å². The van der Waals surface area contributed by atoms with Gasteiger partial charge in [0.15, 0.2) is 24.0 Å². The summed E-state index contributed by atoms with van der Waals surface area (Å²) in [5.74, 6) is 0.933. The number of ether oxygens (including phenoxy) is 1. The first-order valence-electron chi connectivity index (χ1n) is 7.04. The largest absolute Gasteiger partial charge is 0.481 e. The molecule has 0 radical (unpaired) electrons. The average molecular weight is 293 g/mol. The Morgan fingerprint density at radius 2 is 2.19 bits per heavy atom. The Morgan fingerprint density at radius 3 is 2.81 bits per heavy atom. The monoisotopic (exact) mass is 293 g/mol. The van der Waals surface area contributed by atoms with Crippen molar-refractivity contribution in [2.24, 2.45) is 0 Å². The highest BCUT2D eigenvalue weighted by atomic mass is 19.1. The summed E-state index contributed by atoms with van der Waals surface area (Å²) in [5.41, 5.74) is 0.876. The van der Waals surface area contributed by atoms with E-state index in [0.29, 0.717) is 18.3 Å². The van der Waals surface area contributed by atoms with Gasteiger partial charge in [0.25, 0.3) is 5.89 Å².